The molecule has 0 aliphatic heterocycles. The Balaban J connectivity index is 2.10. The molecule has 1 aliphatic carbocycles. The van der Waals surface area contributed by atoms with Crippen molar-refractivity contribution in [1.29, 1.82) is 0 Å². The van der Waals surface area contributed by atoms with E-state index in [9.17, 15) is 5.11 Å². The van der Waals surface area contributed by atoms with Crippen molar-refractivity contribution < 1.29 is 5.11 Å². The number of hydrogen-bond acceptors (Lipinski definition) is 3. The monoisotopic (exact) mass is 221 g/mol. The van der Waals surface area contributed by atoms with Gasteiger partial charge >= 0.3 is 0 Å². The fourth-order valence-electron chi connectivity index (χ4n) is 2.16. The van der Waals surface area contributed by atoms with Gasteiger partial charge in [0.25, 0.3) is 0 Å². The lowest BCUT2D eigenvalue weighted by atomic mass is 9.88. The van der Waals surface area contributed by atoms with Gasteiger partial charge in [-0.2, -0.15) is 5.10 Å². The quantitative estimate of drug-likeness (QED) is 0.787. The molecular weight excluding hydrogens is 202 g/mol. The number of aliphatic hydroxyl groups is 1. The van der Waals surface area contributed by atoms with Crippen LogP contribution in [0.15, 0.2) is 18.5 Å². The number of aromatic nitrogens is 3. The van der Waals surface area contributed by atoms with E-state index in [2.05, 4.69) is 23.1 Å². The second-order valence-corrected chi connectivity index (χ2v) is 4.47. The average Bonchev–Trinajstić information content (AvgIpc) is 2.67. The maximum Gasteiger partial charge on any atom is 0.138 e. The normalized spacial score (nSPS) is 24.9. The summed E-state index contributed by atoms with van der Waals surface area (Å²) in [6, 6.07) is 0. The standard InChI is InChI=1S/C12H19N3O/c1-2-8-15-11(13-10-14-15)9-12(16)6-4-3-5-7-12/h4,6,10,16H,2-3,5,7-9H2,1H3. The zero-order valence-corrected chi connectivity index (χ0v) is 9.76. The lowest BCUT2D eigenvalue weighted by Crippen LogP contribution is -2.32. The number of allylic oxidation sites excluding steroid dienone is 1. The summed E-state index contributed by atoms with van der Waals surface area (Å²) in [7, 11) is 0. The van der Waals surface area contributed by atoms with Crippen molar-refractivity contribution in [3.05, 3.63) is 24.3 Å². The molecule has 0 aromatic carbocycles. The summed E-state index contributed by atoms with van der Waals surface area (Å²) in [5.41, 5.74) is -0.712. The van der Waals surface area contributed by atoms with Gasteiger partial charge in [0, 0.05) is 13.0 Å². The van der Waals surface area contributed by atoms with Crippen molar-refractivity contribution in [1.82, 2.24) is 14.8 Å². The highest BCUT2D eigenvalue weighted by Crippen LogP contribution is 2.25. The first kappa shape index (κ1) is 11.3. The zero-order valence-electron chi connectivity index (χ0n) is 9.76. The summed E-state index contributed by atoms with van der Waals surface area (Å²) >= 11 is 0. The Morgan fingerprint density at radius 3 is 3.12 bits per heavy atom. The van der Waals surface area contributed by atoms with Crippen molar-refractivity contribution in [3.8, 4) is 0 Å². The molecule has 0 amide bonds. The van der Waals surface area contributed by atoms with Gasteiger partial charge in [0.2, 0.25) is 0 Å². The van der Waals surface area contributed by atoms with Gasteiger partial charge in [-0.25, -0.2) is 9.67 Å². The number of aryl methyl sites for hydroxylation is 1. The van der Waals surface area contributed by atoms with Crippen LogP contribution in [0.5, 0.6) is 0 Å². The molecule has 2 rings (SSSR count). The molecule has 0 saturated heterocycles. The van der Waals surface area contributed by atoms with Gasteiger partial charge in [0.1, 0.15) is 12.2 Å². The predicted octanol–water partition coefficient (Wildman–Crippen LogP) is 1.70. The van der Waals surface area contributed by atoms with E-state index in [0.29, 0.717) is 6.42 Å². The van der Waals surface area contributed by atoms with E-state index in [1.165, 1.54) is 0 Å². The maximum atomic E-state index is 10.4. The highest BCUT2D eigenvalue weighted by atomic mass is 16.3. The Morgan fingerprint density at radius 1 is 1.56 bits per heavy atom. The Hall–Kier alpha value is -1.16. The van der Waals surface area contributed by atoms with Crippen molar-refractivity contribution in [2.75, 3.05) is 0 Å². The average molecular weight is 221 g/mol. The topological polar surface area (TPSA) is 50.9 Å². The maximum absolute atomic E-state index is 10.4. The minimum Gasteiger partial charge on any atom is -0.385 e. The van der Waals surface area contributed by atoms with E-state index >= 15 is 0 Å². The second-order valence-electron chi connectivity index (χ2n) is 4.47. The van der Waals surface area contributed by atoms with Gasteiger partial charge in [0.05, 0.1) is 5.60 Å². The van der Waals surface area contributed by atoms with E-state index in [1.54, 1.807) is 6.33 Å². The molecule has 1 heterocycles. The molecule has 1 N–H and O–H groups in total. The Morgan fingerprint density at radius 2 is 2.44 bits per heavy atom. The van der Waals surface area contributed by atoms with Crippen LogP contribution in [0.4, 0.5) is 0 Å². The highest BCUT2D eigenvalue weighted by molar-refractivity contribution is 5.09. The van der Waals surface area contributed by atoms with Crippen LogP contribution >= 0.6 is 0 Å². The smallest absolute Gasteiger partial charge is 0.138 e. The first-order valence-electron chi connectivity index (χ1n) is 6.00. The molecule has 0 fully saturated rings. The van der Waals surface area contributed by atoms with Crippen molar-refractivity contribution in [3.63, 3.8) is 0 Å². The minimum atomic E-state index is -0.712. The fraction of sp³-hybridized carbons (Fsp3) is 0.667. The second kappa shape index (κ2) is 4.78. The molecular formula is C12H19N3O. The molecule has 0 spiro atoms. The van der Waals surface area contributed by atoms with E-state index in [0.717, 1.165) is 38.1 Å². The molecule has 16 heavy (non-hydrogen) atoms. The molecule has 1 unspecified atom stereocenters. The van der Waals surface area contributed by atoms with Crippen LogP contribution in [-0.4, -0.2) is 25.5 Å². The van der Waals surface area contributed by atoms with Crippen molar-refractivity contribution >= 4 is 0 Å². The molecule has 1 aliphatic rings. The zero-order chi connectivity index (χ0) is 11.4. The minimum absolute atomic E-state index is 0.573. The predicted molar refractivity (Wildman–Crippen MR) is 62.0 cm³/mol. The Kier molecular flexibility index (Phi) is 3.39. The summed E-state index contributed by atoms with van der Waals surface area (Å²) in [5, 5.41) is 14.5. The van der Waals surface area contributed by atoms with E-state index in [1.807, 2.05) is 10.8 Å². The highest BCUT2D eigenvalue weighted by Gasteiger charge is 2.27. The van der Waals surface area contributed by atoms with Gasteiger partial charge < -0.3 is 5.11 Å². The molecule has 4 heteroatoms. The first-order valence-corrected chi connectivity index (χ1v) is 6.00. The van der Waals surface area contributed by atoms with E-state index in [4.69, 9.17) is 0 Å². The van der Waals surface area contributed by atoms with Crippen LogP contribution in [0.1, 0.15) is 38.4 Å². The Labute approximate surface area is 96.0 Å². The molecule has 1 aromatic heterocycles. The van der Waals surface area contributed by atoms with Crippen LogP contribution in [0, 0.1) is 0 Å². The summed E-state index contributed by atoms with van der Waals surface area (Å²) in [6.45, 7) is 2.98. The third kappa shape index (κ3) is 2.50. The molecule has 0 radical (unpaired) electrons. The largest absolute Gasteiger partial charge is 0.385 e. The third-order valence-electron chi connectivity index (χ3n) is 3.00. The fourth-order valence-corrected chi connectivity index (χ4v) is 2.16. The Bertz CT molecular complexity index is 372. The van der Waals surface area contributed by atoms with Crippen LogP contribution in [0.2, 0.25) is 0 Å². The third-order valence-corrected chi connectivity index (χ3v) is 3.00. The van der Waals surface area contributed by atoms with Gasteiger partial charge in [-0.15, -0.1) is 0 Å². The lowest BCUT2D eigenvalue weighted by Gasteiger charge is -2.26. The molecule has 4 nitrogen and oxygen atoms in total. The summed E-state index contributed by atoms with van der Waals surface area (Å²) in [4.78, 5) is 4.23. The summed E-state index contributed by atoms with van der Waals surface area (Å²) in [6.07, 6.45) is 10.1. The molecule has 88 valence electrons. The lowest BCUT2D eigenvalue weighted by molar-refractivity contribution is 0.0718. The van der Waals surface area contributed by atoms with E-state index in [-0.39, 0.29) is 0 Å². The van der Waals surface area contributed by atoms with Gasteiger partial charge in [-0.05, 0) is 25.7 Å². The van der Waals surface area contributed by atoms with Gasteiger partial charge in [-0.1, -0.05) is 19.1 Å². The number of hydrogen-bond donors (Lipinski definition) is 1. The van der Waals surface area contributed by atoms with Crippen molar-refractivity contribution in [2.45, 2.75) is 51.2 Å². The van der Waals surface area contributed by atoms with Crippen LogP contribution in [0.25, 0.3) is 0 Å². The molecule has 0 saturated carbocycles. The SMILES string of the molecule is CCCn1ncnc1CC1(O)C=CCCC1. The number of nitrogens with zero attached hydrogens (tertiary/aromatic N) is 3. The van der Waals surface area contributed by atoms with Crippen LogP contribution in [-0.2, 0) is 13.0 Å². The molecule has 1 atom stereocenters. The molecule has 0 bridgehead atoms. The summed E-state index contributed by atoms with van der Waals surface area (Å²) in [5.74, 6) is 0.885. The van der Waals surface area contributed by atoms with Crippen molar-refractivity contribution in [2.24, 2.45) is 0 Å². The first-order chi connectivity index (χ1) is 7.73. The van der Waals surface area contributed by atoms with Gasteiger partial charge in [-0.3, -0.25) is 0 Å². The van der Waals surface area contributed by atoms with E-state index < -0.39 is 5.60 Å². The summed E-state index contributed by atoms with van der Waals surface area (Å²) < 4.78 is 1.89. The number of rotatable bonds is 4. The van der Waals surface area contributed by atoms with Crippen LogP contribution in [0.3, 0.4) is 0 Å². The van der Waals surface area contributed by atoms with Gasteiger partial charge in [0.15, 0.2) is 0 Å². The molecule has 1 aromatic rings. The van der Waals surface area contributed by atoms with Crippen LogP contribution < -0.4 is 0 Å².